The second-order valence-electron chi connectivity index (χ2n) is 6.08. The van der Waals surface area contributed by atoms with Crippen molar-refractivity contribution in [1.82, 2.24) is 25.1 Å². The Hall–Kier alpha value is -3.15. The lowest BCUT2D eigenvalue weighted by atomic mass is 10.2. The summed E-state index contributed by atoms with van der Waals surface area (Å²) in [6.07, 6.45) is -4.78. The van der Waals surface area contributed by atoms with E-state index in [0.717, 1.165) is 23.9 Å². The van der Waals surface area contributed by atoms with E-state index in [0.29, 0.717) is 11.3 Å². The average Bonchev–Trinajstić information content (AvgIpc) is 3.14. The van der Waals surface area contributed by atoms with E-state index >= 15 is 0 Å². The van der Waals surface area contributed by atoms with Crippen LogP contribution in [-0.4, -0.2) is 50.2 Å². The summed E-state index contributed by atoms with van der Waals surface area (Å²) in [6.45, 7) is 0.239. The molecule has 1 heterocycles. The lowest BCUT2D eigenvalue weighted by Gasteiger charge is -2.17. The van der Waals surface area contributed by atoms with Gasteiger partial charge in [-0.05, 0) is 52.4 Å². The van der Waals surface area contributed by atoms with Crippen LogP contribution in [0.15, 0.2) is 53.7 Å². The minimum atomic E-state index is -4.78. The first-order chi connectivity index (χ1) is 14.2. The summed E-state index contributed by atoms with van der Waals surface area (Å²) in [5.41, 5.74) is 1.06. The molecule has 1 amide bonds. The number of rotatable bonds is 7. The van der Waals surface area contributed by atoms with Gasteiger partial charge < -0.3 is 9.64 Å². The van der Waals surface area contributed by atoms with Crippen LogP contribution >= 0.6 is 11.8 Å². The average molecular weight is 441 g/mol. The van der Waals surface area contributed by atoms with Crippen molar-refractivity contribution < 1.29 is 27.1 Å². The first-order valence-electron chi connectivity index (χ1n) is 8.47. The van der Waals surface area contributed by atoms with Gasteiger partial charge in [-0.25, -0.2) is 4.39 Å². The topological polar surface area (TPSA) is 73.1 Å². The van der Waals surface area contributed by atoms with Crippen LogP contribution < -0.4 is 4.74 Å². The lowest BCUT2D eigenvalue weighted by Crippen LogP contribution is -2.28. The summed E-state index contributed by atoms with van der Waals surface area (Å²) in [7, 11) is 1.59. The van der Waals surface area contributed by atoms with E-state index in [1.807, 2.05) is 0 Å². The zero-order valence-corrected chi connectivity index (χ0v) is 16.3. The number of carbonyl (C=O) groups is 1. The first kappa shape index (κ1) is 21.6. The SMILES string of the molecule is CN(Cc1cccc(F)c1)C(=O)CSc1nnnn1-c1ccc(OC(F)(F)F)cc1. The predicted octanol–water partition coefficient (Wildman–Crippen LogP) is 3.45. The summed E-state index contributed by atoms with van der Waals surface area (Å²) in [4.78, 5) is 13.8. The molecule has 12 heteroatoms. The van der Waals surface area contributed by atoms with Gasteiger partial charge in [0.2, 0.25) is 11.1 Å². The van der Waals surface area contributed by atoms with Gasteiger partial charge in [0.1, 0.15) is 11.6 Å². The van der Waals surface area contributed by atoms with Crippen molar-refractivity contribution in [3.8, 4) is 11.4 Å². The van der Waals surface area contributed by atoms with Crippen LogP contribution in [0, 0.1) is 5.82 Å². The minimum absolute atomic E-state index is 0.0153. The molecule has 0 aliphatic carbocycles. The van der Waals surface area contributed by atoms with Crippen molar-refractivity contribution in [2.45, 2.75) is 18.1 Å². The number of hydrogen-bond acceptors (Lipinski definition) is 6. The molecule has 1 aromatic heterocycles. The number of hydrogen-bond donors (Lipinski definition) is 0. The van der Waals surface area contributed by atoms with Crippen molar-refractivity contribution in [3.05, 3.63) is 59.9 Å². The fraction of sp³-hybridized carbons (Fsp3) is 0.222. The quantitative estimate of drug-likeness (QED) is 0.413. The van der Waals surface area contributed by atoms with Crippen LogP contribution in [0.2, 0.25) is 0 Å². The maximum Gasteiger partial charge on any atom is 0.573 e. The number of nitrogens with zero attached hydrogens (tertiary/aromatic N) is 5. The normalized spacial score (nSPS) is 11.4. The molecule has 0 unspecified atom stereocenters. The lowest BCUT2D eigenvalue weighted by molar-refractivity contribution is -0.274. The highest BCUT2D eigenvalue weighted by atomic mass is 32.2. The number of aromatic nitrogens is 4. The third kappa shape index (κ3) is 5.92. The number of carbonyl (C=O) groups excluding carboxylic acids is 1. The maximum absolute atomic E-state index is 13.3. The highest BCUT2D eigenvalue weighted by Crippen LogP contribution is 2.25. The van der Waals surface area contributed by atoms with Gasteiger partial charge in [0.05, 0.1) is 11.4 Å². The largest absolute Gasteiger partial charge is 0.573 e. The number of amides is 1. The Morgan fingerprint density at radius 1 is 1.20 bits per heavy atom. The van der Waals surface area contributed by atoms with Gasteiger partial charge in [-0.1, -0.05) is 23.9 Å². The van der Waals surface area contributed by atoms with E-state index in [-0.39, 0.29) is 34.9 Å². The smallest absolute Gasteiger partial charge is 0.406 e. The summed E-state index contributed by atoms with van der Waals surface area (Å²) < 4.78 is 55.2. The Morgan fingerprint density at radius 2 is 1.93 bits per heavy atom. The van der Waals surface area contributed by atoms with Gasteiger partial charge in [-0.15, -0.1) is 18.3 Å². The van der Waals surface area contributed by atoms with Crippen LogP contribution in [0.5, 0.6) is 5.75 Å². The van der Waals surface area contributed by atoms with Crippen LogP contribution in [0.3, 0.4) is 0 Å². The van der Waals surface area contributed by atoms with Crippen molar-refractivity contribution in [1.29, 1.82) is 0 Å². The first-order valence-corrected chi connectivity index (χ1v) is 9.45. The third-order valence-electron chi connectivity index (χ3n) is 3.82. The van der Waals surface area contributed by atoms with E-state index in [1.165, 1.54) is 33.8 Å². The Kier molecular flexibility index (Phi) is 6.55. The zero-order chi connectivity index (χ0) is 21.7. The molecule has 0 radical (unpaired) electrons. The molecule has 0 N–H and O–H groups in total. The number of ether oxygens (including phenoxy) is 1. The Morgan fingerprint density at radius 3 is 2.60 bits per heavy atom. The van der Waals surface area contributed by atoms with E-state index in [1.54, 1.807) is 19.2 Å². The highest BCUT2D eigenvalue weighted by molar-refractivity contribution is 7.99. The number of benzene rings is 2. The molecule has 0 aliphatic heterocycles. The molecule has 0 saturated carbocycles. The summed E-state index contributed by atoms with van der Waals surface area (Å²) in [5, 5.41) is 11.5. The third-order valence-corrected chi connectivity index (χ3v) is 4.72. The van der Waals surface area contributed by atoms with E-state index < -0.39 is 6.36 Å². The highest BCUT2D eigenvalue weighted by Gasteiger charge is 2.31. The molecule has 2 aromatic carbocycles. The summed E-state index contributed by atoms with van der Waals surface area (Å²) >= 11 is 1.06. The molecule has 158 valence electrons. The summed E-state index contributed by atoms with van der Waals surface area (Å²) in [5.74, 6) is -0.967. The molecule has 30 heavy (non-hydrogen) atoms. The Labute approximate surface area is 172 Å². The molecule has 0 saturated heterocycles. The molecule has 0 fully saturated rings. The van der Waals surface area contributed by atoms with Crippen LogP contribution in [0.4, 0.5) is 17.6 Å². The molecule has 0 spiro atoms. The van der Waals surface area contributed by atoms with Crippen LogP contribution in [0.1, 0.15) is 5.56 Å². The Bertz CT molecular complexity index is 1010. The van der Waals surface area contributed by atoms with Crippen LogP contribution in [-0.2, 0) is 11.3 Å². The number of tetrazole rings is 1. The molecule has 0 atom stereocenters. The second kappa shape index (κ2) is 9.11. The summed E-state index contributed by atoms with van der Waals surface area (Å²) in [6, 6.07) is 10.9. The second-order valence-corrected chi connectivity index (χ2v) is 7.03. The van der Waals surface area contributed by atoms with E-state index in [2.05, 4.69) is 20.3 Å². The maximum atomic E-state index is 13.3. The van der Waals surface area contributed by atoms with Crippen molar-refractivity contribution in [3.63, 3.8) is 0 Å². The zero-order valence-electron chi connectivity index (χ0n) is 15.5. The van der Waals surface area contributed by atoms with Crippen LogP contribution in [0.25, 0.3) is 5.69 Å². The minimum Gasteiger partial charge on any atom is -0.406 e. The van der Waals surface area contributed by atoms with Gasteiger partial charge >= 0.3 is 6.36 Å². The van der Waals surface area contributed by atoms with Gasteiger partial charge in [0.15, 0.2) is 0 Å². The molecule has 0 bridgehead atoms. The number of alkyl halides is 3. The van der Waals surface area contributed by atoms with Gasteiger partial charge in [-0.2, -0.15) is 4.68 Å². The number of halogens is 4. The molecular weight excluding hydrogens is 426 g/mol. The fourth-order valence-electron chi connectivity index (χ4n) is 2.45. The Balaban J connectivity index is 1.61. The van der Waals surface area contributed by atoms with E-state index in [9.17, 15) is 22.4 Å². The molecule has 3 rings (SSSR count). The van der Waals surface area contributed by atoms with E-state index in [4.69, 9.17) is 0 Å². The van der Waals surface area contributed by atoms with Gasteiger partial charge in [0, 0.05) is 13.6 Å². The van der Waals surface area contributed by atoms with Crippen molar-refractivity contribution in [2.24, 2.45) is 0 Å². The molecular formula is C18H15F4N5O2S. The van der Waals surface area contributed by atoms with Crippen molar-refractivity contribution in [2.75, 3.05) is 12.8 Å². The monoisotopic (exact) mass is 441 g/mol. The van der Waals surface area contributed by atoms with Gasteiger partial charge in [-0.3, -0.25) is 4.79 Å². The molecule has 7 nitrogen and oxygen atoms in total. The standard InChI is InChI=1S/C18H15F4N5O2S/c1-26(10-12-3-2-4-13(19)9-12)16(28)11-30-17-23-24-25-27(17)14-5-7-15(8-6-14)29-18(20,21)22/h2-9H,10-11H2,1H3. The predicted molar refractivity (Wildman–Crippen MR) is 99.4 cm³/mol. The van der Waals surface area contributed by atoms with Crippen molar-refractivity contribution >= 4 is 17.7 Å². The molecule has 0 aliphatic rings. The fourth-order valence-corrected chi connectivity index (χ4v) is 3.29. The number of thioether (sulfide) groups is 1. The van der Waals surface area contributed by atoms with Gasteiger partial charge in [0.25, 0.3) is 0 Å². The molecule has 3 aromatic rings.